The molecule has 0 aliphatic rings. The molecule has 3 aromatic carbocycles. The summed E-state index contributed by atoms with van der Waals surface area (Å²) in [6.07, 6.45) is 0. The second-order valence-electron chi connectivity index (χ2n) is 7.10. The second-order valence-corrected chi connectivity index (χ2v) is 9.39. The summed E-state index contributed by atoms with van der Waals surface area (Å²) in [4.78, 5) is 13.0. The van der Waals surface area contributed by atoms with Crippen LogP contribution in [0.4, 0.5) is 5.69 Å². The highest BCUT2D eigenvalue weighted by molar-refractivity contribution is 7.92. The first-order valence-electron chi connectivity index (χ1n) is 10.2. The number of anilines is 1. The SMILES string of the molecule is CCOc1ccc([C@@H](C)NC(=O)CN(c2cccc(Cl)c2)S(=O)(=O)c2ccccc2)cc1. The maximum absolute atomic E-state index is 13.3. The number of benzene rings is 3. The largest absolute Gasteiger partial charge is 0.494 e. The summed E-state index contributed by atoms with van der Waals surface area (Å²) in [5.41, 5.74) is 1.19. The molecule has 0 unspecified atom stereocenters. The number of carbonyl (C=O) groups is 1. The quantitative estimate of drug-likeness (QED) is 0.484. The lowest BCUT2D eigenvalue weighted by Gasteiger charge is -2.25. The third kappa shape index (κ3) is 5.81. The van der Waals surface area contributed by atoms with Crippen molar-refractivity contribution in [3.63, 3.8) is 0 Å². The Hall–Kier alpha value is -3.03. The number of halogens is 1. The van der Waals surface area contributed by atoms with Gasteiger partial charge in [0, 0.05) is 5.02 Å². The molecule has 3 aromatic rings. The zero-order valence-electron chi connectivity index (χ0n) is 17.9. The van der Waals surface area contributed by atoms with E-state index in [4.69, 9.17) is 16.3 Å². The molecular weight excluding hydrogens is 448 g/mol. The van der Waals surface area contributed by atoms with Gasteiger partial charge in [-0.25, -0.2) is 8.42 Å². The fourth-order valence-corrected chi connectivity index (χ4v) is 4.80. The van der Waals surface area contributed by atoms with Crippen molar-refractivity contribution in [3.8, 4) is 5.75 Å². The number of ether oxygens (including phenoxy) is 1. The molecule has 0 radical (unpaired) electrons. The molecule has 0 saturated carbocycles. The monoisotopic (exact) mass is 472 g/mol. The fourth-order valence-electron chi connectivity index (χ4n) is 3.19. The minimum atomic E-state index is -3.98. The fraction of sp³-hybridized carbons (Fsp3) is 0.208. The van der Waals surface area contributed by atoms with E-state index >= 15 is 0 Å². The number of nitrogens with one attached hydrogen (secondary N) is 1. The summed E-state index contributed by atoms with van der Waals surface area (Å²) in [5.74, 6) is 0.307. The Balaban J connectivity index is 1.82. The van der Waals surface area contributed by atoms with Crippen molar-refractivity contribution in [2.24, 2.45) is 0 Å². The molecule has 8 heteroatoms. The van der Waals surface area contributed by atoms with Gasteiger partial charge in [0.2, 0.25) is 5.91 Å². The van der Waals surface area contributed by atoms with Crippen LogP contribution < -0.4 is 14.4 Å². The number of rotatable bonds is 9. The van der Waals surface area contributed by atoms with Crippen molar-refractivity contribution in [1.82, 2.24) is 5.32 Å². The van der Waals surface area contributed by atoms with Crippen LogP contribution in [0.15, 0.2) is 83.8 Å². The average molecular weight is 473 g/mol. The number of sulfonamides is 1. The van der Waals surface area contributed by atoms with Crippen LogP contribution in [0, 0.1) is 0 Å². The van der Waals surface area contributed by atoms with Crippen LogP contribution in [0.2, 0.25) is 5.02 Å². The van der Waals surface area contributed by atoms with E-state index in [-0.39, 0.29) is 17.5 Å². The lowest BCUT2D eigenvalue weighted by Crippen LogP contribution is -2.41. The van der Waals surface area contributed by atoms with Crippen LogP contribution in [-0.4, -0.2) is 27.5 Å². The van der Waals surface area contributed by atoms with Gasteiger partial charge in [0.25, 0.3) is 10.0 Å². The van der Waals surface area contributed by atoms with E-state index in [0.29, 0.717) is 17.3 Å². The number of nitrogens with zero attached hydrogens (tertiary/aromatic N) is 1. The Morgan fingerprint density at radius 2 is 1.72 bits per heavy atom. The summed E-state index contributed by atoms with van der Waals surface area (Å²) in [6.45, 7) is 3.93. The van der Waals surface area contributed by atoms with Gasteiger partial charge in [-0.15, -0.1) is 0 Å². The van der Waals surface area contributed by atoms with Crippen molar-refractivity contribution in [2.45, 2.75) is 24.8 Å². The first kappa shape index (κ1) is 23.6. The Morgan fingerprint density at radius 3 is 2.34 bits per heavy atom. The van der Waals surface area contributed by atoms with Gasteiger partial charge in [0.05, 0.1) is 23.2 Å². The van der Waals surface area contributed by atoms with E-state index in [1.807, 2.05) is 38.1 Å². The smallest absolute Gasteiger partial charge is 0.264 e. The predicted octanol–water partition coefficient (Wildman–Crippen LogP) is 4.81. The predicted molar refractivity (Wildman–Crippen MR) is 127 cm³/mol. The summed E-state index contributed by atoms with van der Waals surface area (Å²) in [6, 6.07) is 21.5. The highest BCUT2D eigenvalue weighted by Gasteiger charge is 2.27. The third-order valence-electron chi connectivity index (χ3n) is 4.78. The van der Waals surface area contributed by atoms with Crippen LogP contribution >= 0.6 is 11.6 Å². The van der Waals surface area contributed by atoms with E-state index in [2.05, 4.69) is 5.32 Å². The zero-order chi connectivity index (χ0) is 23.1. The molecule has 3 rings (SSSR count). The molecule has 0 aliphatic heterocycles. The van der Waals surface area contributed by atoms with Gasteiger partial charge >= 0.3 is 0 Å². The molecule has 6 nitrogen and oxygen atoms in total. The first-order chi connectivity index (χ1) is 15.3. The van der Waals surface area contributed by atoms with Gasteiger partial charge in [-0.1, -0.05) is 48.0 Å². The maximum Gasteiger partial charge on any atom is 0.264 e. The Bertz CT molecular complexity index is 1150. The van der Waals surface area contributed by atoms with Crippen molar-refractivity contribution < 1.29 is 17.9 Å². The van der Waals surface area contributed by atoms with Crippen LogP contribution in [-0.2, 0) is 14.8 Å². The summed E-state index contributed by atoms with van der Waals surface area (Å²) >= 11 is 6.09. The van der Waals surface area contributed by atoms with E-state index in [0.717, 1.165) is 15.6 Å². The van der Waals surface area contributed by atoms with Gasteiger partial charge in [0.1, 0.15) is 12.3 Å². The number of hydrogen-bond acceptors (Lipinski definition) is 4. The second kappa shape index (κ2) is 10.5. The Morgan fingerprint density at radius 1 is 1.03 bits per heavy atom. The number of hydrogen-bond donors (Lipinski definition) is 1. The van der Waals surface area contributed by atoms with Crippen molar-refractivity contribution >= 4 is 33.2 Å². The molecule has 0 aromatic heterocycles. The molecule has 0 heterocycles. The topological polar surface area (TPSA) is 75.7 Å². The average Bonchev–Trinajstić information content (AvgIpc) is 2.78. The molecule has 0 aliphatic carbocycles. The number of carbonyl (C=O) groups excluding carboxylic acids is 1. The summed E-state index contributed by atoms with van der Waals surface area (Å²) < 4.78 is 33.2. The minimum Gasteiger partial charge on any atom is -0.494 e. The highest BCUT2D eigenvalue weighted by atomic mass is 35.5. The summed E-state index contributed by atoms with van der Waals surface area (Å²) in [7, 11) is -3.98. The standard InChI is InChI=1S/C24H25ClN2O4S/c1-3-31-22-14-12-19(13-15-22)18(2)26-24(28)17-27(21-9-7-8-20(25)16-21)32(29,30)23-10-5-4-6-11-23/h4-16,18H,3,17H2,1-2H3,(H,26,28)/t18-/m1/s1. The van der Waals surface area contributed by atoms with Crippen LogP contribution in [0.5, 0.6) is 5.75 Å². The lowest BCUT2D eigenvalue weighted by molar-refractivity contribution is -0.120. The normalized spacial score (nSPS) is 12.1. The molecule has 0 fully saturated rings. The molecule has 32 heavy (non-hydrogen) atoms. The Kier molecular flexibility index (Phi) is 7.77. The third-order valence-corrected chi connectivity index (χ3v) is 6.81. The minimum absolute atomic E-state index is 0.0901. The van der Waals surface area contributed by atoms with Crippen molar-refractivity contribution in [3.05, 3.63) is 89.4 Å². The zero-order valence-corrected chi connectivity index (χ0v) is 19.4. The first-order valence-corrected chi connectivity index (χ1v) is 12.0. The summed E-state index contributed by atoms with van der Waals surface area (Å²) in [5, 5.41) is 3.24. The van der Waals surface area contributed by atoms with Crippen LogP contribution in [0.1, 0.15) is 25.5 Å². The maximum atomic E-state index is 13.3. The van der Waals surface area contributed by atoms with E-state index < -0.39 is 15.9 Å². The van der Waals surface area contributed by atoms with E-state index in [9.17, 15) is 13.2 Å². The van der Waals surface area contributed by atoms with Crippen molar-refractivity contribution in [2.75, 3.05) is 17.5 Å². The molecule has 0 bridgehead atoms. The van der Waals surface area contributed by atoms with Crippen LogP contribution in [0.25, 0.3) is 0 Å². The van der Waals surface area contributed by atoms with E-state index in [1.165, 1.54) is 18.2 Å². The molecule has 168 valence electrons. The highest BCUT2D eigenvalue weighted by Crippen LogP contribution is 2.26. The molecule has 1 amide bonds. The van der Waals surface area contributed by atoms with Gasteiger partial charge in [0.15, 0.2) is 0 Å². The van der Waals surface area contributed by atoms with Gasteiger partial charge < -0.3 is 10.1 Å². The molecule has 0 spiro atoms. The Labute approximate surface area is 193 Å². The van der Waals surface area contributed by atoms with Crippen LogP contribution in [0.3, 0.4) is 0 Å². The van der Waals surface area contributed by atoms with Gasteiger partial charge in [-0.2, -0.15) is 0 Å². The number of amides is 1. The van der Waals surface area contributed by atoms with Gasteiger partial charge in [-0.05, 0) is 61.9 Å². The van der Waals surface area contributed by atoms with Gasteiger partial charge in [-0.3, -0.25) is 9.10 Å². The molecule has 0 saturated heterocycles. The van der Waals surface area contributed by atoms with Crippen molar-refractivity contribution in [1.29, 1.82) is 0 Å². The lowest BCUT2D eigenvalue weighted by atomic mass is 10.1. The molecular formula is C24H25ClN2O4S. The van der Waals surface area contributed by atoms with E-state index in [1.54, 1.807) is 36.4 Å². The molecule has 1 atom stereocenters. The molecule has 1 N–H and O–H groups in total.